The van der Waals surface area contributed by atoms with E-state index in [0.29, 0.717) is 11.8 Å². The van der Waals surface area contributed by atoms with Crippen molar-refractivity contribution in [2.45, 2.75) is 82.1 Å². The molecule has 0 fully saturated rings. The van der Waals surface area contributed by atoms with Gasteiger partial charge in [0.2, 0.25) is 0 Å². The Labute approximate surface area is 652 Å². The van der Waals surface area contributed by atoms with Crippen LogP contribution in [-0.4, -0.2) is 54.3 Å². The molecule has 0 amide bonds. The van der Waals surface area contributed by atoms with Crippen molar-refractivity contribution in [2.75, 3.05) is 14.2 Å². The molecule has 0 atom stereocenters. The molecule has 16 rings (SSSR count). The average molecular weight is 1750 g/mol. The van der Waals surface area contributed by atoms with Crippen molar-refractivity contribution in [1.82, 2.24) is 29.9 Å². The Bertz CT molecular complexity index is 4810. The normalized spacial score (nSPS) is 10.3. The zero-order valence-corrected chi connectivity index (χ0v) is 66.9. The van der Waals surface area contributed by atoms with Crippen LogP contribution in [0.25, 0.3) is 111 Å². The van der Waals surface area contributed by atoms with Crippen LogP contribution in [0.1, 0.15) is 72.7 Å². The van der Waals surface area contributed by atoms with Gasteiger partial charge in [0.1, 0.15) is 16.7 Å². The zero-order chi connectivity index (χ0) is 73.7. The molecular formula is C94H89Ir2N6O4+. The van der Waals surface area contributed by atoms with Crippen LogP contribution in [0, 0.1) is 83.7 Å². The summed E-state index contributed by atoms with van der Waals surface area (Å²) in [5, 5.41) is 18.6. The molecule has 16 aromatic rings. The predicted octanol–water partition coefficient (Wildman–Crippen LogP) is 22.8. The van der Waals surface area contributed by atoms with Crippen molar-refractivity contribution in [2.24, 2.45) is 11.8 Å². The van der Waals surface area contributed by atoms with Crippen LogP contribution >= 0.6 is 0 Å². The molecule has 10 nitrogen and oxygen atoms in total. The topological polar surface area (TPSA) is 144 Å². The van der Waals surface area contributed by atoms with Gasteiger partial charge in [0.05, 0.1) is 11.3 Å². The van der Waals surface area contributed by atoms with Crippen molar-refractivity contribution >= 4 is 43.9 Å². The van der Waals surface area contributed by atoms with E-state index in [4.69, 9.17) is 29.0 Å². The van der Waals surface area contributed by atoms with Gasteiger partial charge in [-0.3, -0.25) is 4.98 Å². The maximum Gasteiger partial charge on any atom is 3.00 e. The Kier molecular flexibility index (Phi) is 33.1. The molecule has 536 valence electrons. The van der Waals surface area contributed by atoms with Crippen LogP contribution in [0.5, 0.6) is 0 Å². The van der Waals surface area contributed by atoms with Crippen LogP contribution in [0.4, 0.5) is 0 Å². The largest absolute Gasteiger partial charge is 3.00 e. The summed E-state index contributed by atoms with van der Waals surface area (Å²) in [6, 6.07) is 102. The molecule has 2 N–H and O–H groups in total. The first-order valence-electron chi connectivity index (χ1n) is 34.9. The van der Waals surface area contributed by atoms with E-state index < -0.39 is 0 Å². The maximum absolute atomic E-state index is 7.00. The van der Waals surface area contributed by atoms with E-state index in [1.54, 1.807) is 0 Å². The number of aliphatic hydroxyl groups excluding tert-OH is 2. The molecule has 8 aromatic carbocycles. The number of pyridine rings is 6. The third-order valence-corrected chi connectivity index (χ3v) is 16.5. The van der Waals surface area contributed by atoms with Gasteiger partial charge in [-0.25, -0.2) is 0 Å². The van der Waals surface area contributed by atoms with Gasteiger partial charge in [-0.1, -0.05) is 147 Å². The van der Waals surface area contributed by atoms with Gasteiger partial charge in [0.25, 0.3) is 0 Å². The van der Waals surface area contributed by atoms with Gasteiger partial charge in [0.15, 0.2) is 0 Å². The van der Waals surface area contributed by atoms with Crippen molar-refractivity contribution in [1.29, 1.82) is 0 Å². The first kappa shape index (κ1) is 82.8. The number of para-hydroxylation sites is 3. The average Bonchev–Trinajstić information content (AvgIpc) is 1.62. The summed E-state index contributed by atoms with van der Waals surface area (Å²) in [6.07, 6.45) is 6.14. The van der Waals surface area contributed by atoms with Crippen LogP contribution in [0.2, 0.25) is 0 Å². The fourth-order valence-electron chi connectivity index (χ4n) is 11.6. The van der Waals surface area contributed by atoms with Gasteiger partial charge >= 0.3 is 40.2 Å². The Hall–Kier alpha value is -10.5. The number of rotatable bonds is 10. The number of aliphatic hydroxyl groups is 2. The fraction of sp³-hybridized carbons (Fsp3) is 0.170. The van der Waals surface area contributed by atoms with Gasteiger partial charge in [0, 0.05) is 71.1 Å². The molecule has 0 saturated heterocycles. The minimum atomic E-state index is 0. The first-order chi connectivity index (χ1) is 50.7. The SMILES string of the molecule is CO.CO.Cc1cc(-c2[c-]ccc3c2oc2ccccc23)ncc1CC(C)C.Cc1cc(-c2cccc3c2oc2ccccc23)ncc1CC(C)C.Cc1cccc(-c2[c-]cccc2)n1.Cc1cccc(-c2[c-]cccc2)n1.Cc1cccc(-c2[c-]cccc2)n1.Cc1cccc(-c2[c-]cccc2)n1.[Ir+3].[Ir+3]. The molecule has 0 aliphatic heterocycles. The summed E-state index contributed by atoms with van der Waals surface area (Å²) >= 11 is 0. The van der Waals surface area contributed by atoms with Gasteiger partial charge in [-0.2, -0.15) is 0 Å². The van der Waals surface area contributed by atoms with E-state index in [0.717, 1.165) is 161 Å². The summed E-state index contributed by atoms with van der Waals surface area (Å²) < 4.78 is 12.2. The number of furan rings is 2. The van der Waals surface area contributed by atoms with Crippen LogP contribution in [0.15, 0.2) is 282 Å². The molecular weight excluding hydrogens is 1660 g/mol. The summed E-state index contributed by atoms with van der Waals surface area (Å²) in [7, 11) is 2.00. The second kappa shape index (κ2) is 42.4. The molecule has 0 aliphatic rings. The Balaban J connectivity index is 0.000000179. The number of hydrogen-bond donors (Lipinski definition) is 2. The van der Waals surface area contributed by atoms with Gasteiger partial charge in [-0.15, -0.1) is 162 Å². The van der Waals surface area contributed by atoms with Gasteiger partial charge < -0.3 is 44.0 Å². The van der Waals surface area contributed by atoms with Crippen molar-refractivity contribution in [3.63, 3.8) is 0 Å². The summed E-state index contributed by atoms with van der Waals surface area (Å²) in [5.74, 6) is 1.26. The van der Waals surface area contributed by atoms with Gasteiger partial charge in [-0.05, 0) is 160 Å². The fourth-order valence-corrected chi connectivity index (χ4v) is 11.6. The molecule has 0 unspecified atom stereocenters. The van der Waals surface area contributed by atoms with Crippen LogP contribution in [-0.2, 0) is 53.1 Å². The number of nitrogens with zero attached hydrogens (tertiary/aromatic N) is 6. The molecule has 8 heterocycles. The summed E-state index contributed by atoms with van der Waals surface area (Å²) in [6.45, 7) is 21.2. The van der Waals surface area contributed by atoms with E-state index in [2.05, 4.69) is 140 Å². The monoisotopic (exact) mass is 1750 g/mol. The van der Waals surface area contributed by atoms with Crippen molar-refractivity contribution in [3.05, 3.63) is 349 Å². The second-order valence-electron chi connectivity index (χ2n) is 25.4. The van der Waals surface area contributed by atoms with E-state index >= 15 is 0 Å². The Morgan fingerprint density at radius 1 is 0.321 bits per heavy atom. The number of benzene rings is 8. The third-order valence-electron chi connectivity index (χ3n) is 16.5. The minimum Gasteiger partial charge on any atom is -0.501 e. The molecule has 0 aliphatic carbocycles. The van der Waals surface area contributed by atoms with E-state index in [1.165, 1.54) is 22.3 Å². The standard InChI is InChI=1S/C22H21NO.C22H20NO.4C12H10N.2CH4O.2Ir/c2*1-14(2)11-16-13-23-20(12-15(16)3)19-9-6-8-18-17-7-4-5-10-21(17)24-22(18)19;4*1-10-6-5-9-12(13-10)11-7-3-2-4-8-11;2*1-2;;/h4-10,12-14H,11H2,1-3H3;4-8,10,12-14H,11H2,1-3H3;4*2-7,9H,1H3;2*2H,1H3;;/q;5*-1;;;2*+3. The smallest absolute Gasteiger partial charge is 0.501 e. The van der Waals surface area contributed by atoms with E-state index in [9.17, 15) is 0 Å². The predicted molar refractivity (Wildman–Crippen MR) is 429 cm³/mol. The summed E-state index contributed by atoms with van der Waals surface area (Å²) in [4.78, 5) is 27.1. The van der Waals surface area contributed by atoms with E-state index in [-0.39, 0.29) is 40.2 Å². The molecule has 106 heavy (non-hydrogen) atoms. The zero-order valence-electron chi connectivity index (χ0n) is 62.1. The molecule has 0 saturated carbocycles. The molecule has 0 bridgehead atoms. The van der Waals surface area contributed by atoms with Crippen molar-refractivity contribution in [3.8, 4) is 67.5 Å². The summed E-state index contributed by atoms with van der Waals surface area (Å²) in [5.41, 5.74) is 25.0. The molecule has 0 spiro atoms. The van der Waals surface area contributed by atoms with Crippen LogP contribution < -0.4 is 0 Å². The molecule has 8 aromatic heterocycles. The maximum atomic E-state index is 7.00. The molecule has 12 heteroatoms. The number of aromatic nitrogens is 6. The second-order valence-corrected chi connectivity index (χ2v) is 25.4. The van der Waals surface area contributed by atoms with Crippen molar-refractivity contribution < 1.29 is 59.3 Å². The minimum absolute atomic E-state index is 0. The number of hydrogen-bond acceptors (Lipinski definition) is 10. The van der Waals surface area contributed by atoms with E-state index in [1.807, 2.05) is 252 Å². The number of aryl methyl sites for hydroxylation is 6. The first-order valence-corrected chi connectivity index (χ1v) is 34.9. The van der Waals surface area contributed by atoms with Crippen LogP contribution in [0.3, 0.4) is 0 Å². The Morgan fingerprint density at radius 2 is 0.651 bits per heavy atom. The Morgan fingerprint density at radius 3 is 1.01 bits per heavy atom. The number of fused-ring (bicyclic) bond motifs is 6. The molecule has 0 radical (unpaired) electrons. The quantitative estimate of drug-likeness (QED) is 0.127. The third kappa shape index (κ3) is 23.2.